The number of carbonyl (C=O) groups is 2. The van der Waals surface area contributed by atoms with E-state index >= 15 is 0 Å². The molecule has 1 heterocycles. The van der Waals surface area contributed by atoms with E-state index in [1.54, 1.807) is 12.3 Å². The number of hydrogen-bond acceptors (Lipinski definition) is 3. The molecule has 0 aliphatic rings. The molecule has 0 aliphatic carbocycles. The van der Waals surface area contributed by atoms with Crippen molar-refractivity contribution in [3.8, 4) is 0 Å². The van der Waals surface area contributed by atoms with Crippen LogP contribution in [0.4, 0.5) is 0 Å². The average Bonchev–Trinajstić information content (AvgIpc) is 2.96. The van der Waals surface area contributed by atoms with Gasteiger partial charge >= 0.3 is 5.97 Å². The molecule has 0 saturated heterocycles. The van der Waals surface area contributed by atoms with Crippen molar-refractivity contribution in [1.29, 1.82) is 0 Å². The average molecular weight is 307 g/mol. The topological polar surface area (TPSA) is 59.2 Å². The van der Waals surface area contributed by atoms with Gasteiger partial charge in [0.05, 0.1) is 5.56 Å². The van der Waals surface area contributed by atoms with Crippen LogP contribution >= 0.6 is 0 Å². The molecule has 0 aliphatic heterocycles. The van der Waals surface area contributed by atoms with Crippen molar-refractivity contribution in [3.05, 3.63) is 70.9 Å². The van der Waals surface area contributed by atoms with E-state index in [-0.39, 0.29) is 12.4 Å². The van der Waals surface area contributed by atoms with Crippen LogP contribution < -0.4 is 0 Å². The van der Waals surface area contributed by atoms with E-state index in [0.717, 1.165) is 22.0 Å². The Balaban J connectivity index is 1.72. The fraction of sp³-hybridized carbons (Fsp3) is 0.158. The normalized spacial score (nSPS) is 10.7. The highest BCUT2D eigenvalue weighted by molar-refractivity contribution is 6.05. The summed E-state index contributed by atoms with van der Waals surface area (Å²) in [5.41, 5.74) is 3.87. The highest BCUT2D eigenvalue weighted by Crippen LogP contribution is 2.19. The number of aromatic nitrogens is 1. The van der Waals surface area contributed by atoms with E-state index in [0.29, 0.717) is 11.1 Å². The van der Waals surface area contributed by atoms with Crippen molar-refractivity contribution < 1.29 is 14.3 Å². The molecule has 0 amide bonds. The van der Waals surface area contributed by atoms with Crippen molar-refractivity contribution in [2.45, 2.75) is 13.8 Å². The number of aryl methyl sites for hydroxylation is 2. The lowest BCUT2D eigenvalue weighted by atomic mass is 10.0. The molecule has 4 nitrogen and oxygen atoms in total. The second-order valence-electron chi connectivity index (χ2n) is 5.57. The van der Waals surface area contributed by atoms with Crippen LogP contribution in [0.15, 0.2) is 48.7 Å². The van der Waals surface area contributed by atoms with Gasteiger partial charge in [-0.2, -0.15) is 0 Å². The number of carbonyl (C=O) groups excluding carboxylic acids is 2. The monoisotopic (exact) mass is 307 g/mol. The smallest absolute Gasteiger partial charge is 0.340 e. The van der Waals surface area contributed by atoms with E-state index in [1.165, 1.54) is 0 Å². The molecule has 0 atom stereocenters. The summed E-state index contributed by atoms with van der Waals surface area (Å²) in [5.74, 6) is -0.698. The number of H-pyrrole nitrogens is 1. The molecule has 4 heteroatoms. The summed E-state index contributed by atoms with van der Waals surface area (Å²) in [5, 5.41) is 0.788. The number of rotatable bonds is 4. The first-order chi connectivity index (χ1) is 11.1. The maximum Gasteiger partial charge on any atom is 0.340 e. The number of ether oxygens (including phenoxy) is 1. The number of nitrogens with one attached hydrogen (secondary N) is 1. The molecule has 0 radical (unpaired) electrons. The van der Waals surface area contributed by atoms with Gasteiger partial charge in [0.15, 0.2) is 6.61 Å². The van der Waals surface area contributed by atoms with Gasteiger partial charge in [-0.05, 0) is 25.5 Å². The fourth-order valence-corrected chi connectivity index (χ4v) is 2.65. The first kappa shape index (κ1) is 15.0. The summed E-state index contributed by atoms with van der Waals surface area (Å²) in [6.07, 6.45) is 1.61. The molecule has 3 aromatic rings. The summed E-state index contributed by atoms with van der Waals surface area (Å²) in [4.78, 5) is 27.4. The summed E-state index contributed by atoms with van der Waals surface area (Å²) in [7, 11) is 0. The minimum Gasteiger partial charge on any atom is -0.454 e. The van der Waals surface area contributed by atoms with E-state index in [2.05, 4.69) is 4.98 Å². The van der Waals surface area contributed by atoms with Gasteiger partial charge in [-0.1, -0.05) is 42.0 Å². The Morgan fingerprint density at radius 2 is 1.83 bits per heavy atom. The van der Waals surface area contributed by atoms with E-state index in [9.17, 15) is 9.59 Å². The zero-order valence-corrected chi connectivity index (χ0v) is 13.1. The van der Waals surface area contributed by atoms with Crippen LogP contribution in [-0.2, 0) is 4.74 Å². The van der Waals surface area contributed by atoms with Gasteiger partial charge < -0.3 is 9.72 Å². The van der Waals surface area contributed by atoms with Gasteiger partial charge in [-0.3, -0.25) is 4.79 Å². The van der Waals surface area contributed by atoms with Crippen molar-refractivity contribution >= 4 is 22.7 Å². The fourth-order valence-electron chi connectivity index (χ4n) is 2.65. The predicted molar refractivity (Wildman–Crippen MR) is 88.8 cm³/mol. The van der Waals surface area contributed by atoms with Crippen LogP contribution in [0.2, 0.25) is 0 Å². The Labute approximate surface area is 134 Å². The minimum absolute atomic E-state index is 0.198. The van der Waals surface area contributed by atoms with Crippen LogP contribution in [0.1, 0.15) is 31.8 Å². The molecule has 3 rings (SSSR count). The van der Waals surface area contributed by atoms with E-state index in [1.807, 2.05) is 50.2 Å². The van der Waals surface area contributed by atoms with Crippen molar-refractivity contribution in [2.24, 2.45) is 0 Å². The quantitative estimate of drug-likeness (QED) is 0.589. The highest BCUT2D eigenvalue weighted by atomic mass is 16.5. The van der Waals surface area contributed by atoms with Gasteiger partial charge in [0.25, 0.3) is 0 Å². The van der Waals surface area contributed by atoms with Crippen molar-refractivity contribution in [3.63, 3.8) is 0 Å². The minimum atomic E-state index is -0.499. The Morgan fingerprint density at radius 1 is 1.04 bits per heavy atom. The molecule has 0 unspecified atom stereocenters. The molecule has 23 heavy (non-hydrogen) atoms. The molecule has 0 spiro atoms. The van der Waals surface area contributed by atoms with Gasteiger partial charge in [0.2, 0.25) is 5.78 Å². The Morgan fingerprint density at radius 3 is 2.61 bits per heavy atom. The zero-order chi connectivity index (χ0) is 16.4. The number of Topliss-reactive ketones (excluding diaryl/α,β-unsaturated/α-hetero) is 1. The van der Waals surface area contributed by atoms with Crippen molar-refractivity contribution in [1.82, 2.24) is 4.98 Å². The maximum absolute atomic E-state index is 12.2. The zero-order valence-electron chi connectivity index (χ0n) is 13.1. The summed E-state index contributed by atoms with van der Waals surface area (Å²) in [6, 6.07) is 13.1. The molecular weight excluding hydrogens is 290 g/mol. The van der Waals surface area contributed by atoms with Gasteiger partial charge in [0.1, 0.15) is 0 Å². The second-order valence-corrected chi connectivity index (χ2v) is 5.57. The first-order valence-electron chi connectivity index (χ1n) is 7.40. The molecule has 0 saturated carbocycles. The van der Waals surface area contributed by atoms with Crippen LogP contribution in [-0.4, -0.2) is 23.3 Å². The first-order valence-corrected chi connectivity index (χ1v) is 7.40. The third-order valence-corrected chi connectivity index (χ3v) is 3.83. The largest absolute Gasteiger partial charge is 0.454 e. The Kier molecular flexibility index (Phi) is 3.98. The molecule has 0 fully saturated rings. The summed E-state index contributed by atoms with van der Waals surface area (Å²) < 4.78 is 5.19. The number of hydrogen-bond donors (Lipinski definition) is 1. The Bertz CT molecular complexity index is 893. The van der Waals surface area contributed by atoms with Gasteiger partial charge in [-0.25, -0.2) is 4.79 Å². The molecule has 1 N–H and O–H groups in total. The maximum atomic E-state index is 12.2. The highest BCUT2D eigenvalue weighted by Gasteiger charge is 2.16. The van der Waals surface area contributed by atoms with Crippen molar-refractivity contribution in [2.75, 3.05) is 6.61 Å². The second kappa shape index (κ2) is 6.08. The number of para-hydroxylation sites is 1. The van der Waals surface area contributed by atoms with E-state index in [4.69, 9.17) is 4.74 Å². The lowest BCUT2D eigenvalue weighted by Crippen LogP contribution is -2.15. The van der Waals surface area contributed by atoms with Crippen LogP contribution in [0.25, 0.3) is 10.9 Å². The molecule has 0 bridgehead atoms. The number of esters is 1. The third-order valence-electron chi connectivity index (χ3n) is 3.83. The standard InChI is InChI=1S/C19H17NO3/c1-12-7-8-14(13(2)9-12)18(21)11-23-19(22)16-10-20-17-6-4-3-5-15(16)17/h3-10,20H,11H2,1-2H3. The number of aromatic amines is 1. The van der Waals surface area contributed by atoms with Gasteiger partial charge in [0, 0.05) is 22.7 Å². The molecule has 2 aromatic carbocycles. The molecular formula is C19H17NO3. The molecule has 1 aromatic heterocycles. The van der Waals surface area contributed by atoms with Crippen LogP contribution in [0, 0.1) is 13.8 Å². The number of benzene rings is 2. The number of ketones is 1. The predicted octanol–water partition coefficient (Wildman–Crippen LogP) is 3.82. The SMILES string of the molecule is Cc1ccc(C(=O)COC(=O)c2c[nH]c3ccccc23)c(C)c1. The Hall–Kier alpha value is -2.88. The summed E-state index contributed by atoms with van der Waals surface area (Å²) in [6.45, 7) is 3.59. The van der Waals surface area contributed by atoms with Crippen LogP contribution in [0.5, 0.6) is 0 Å². The lowest BCUT2D eigenvalue weighted by molar-refractivity contribution is 0.0476. The summed E-state index contributed by atoms with van der Waals surface area (Å²) >= 11 is 0. The third kappa shape index (κ3) is 3.01. The lowest BCUT2D eigenvalue weighted by Gasteiger charge is -2.07. The molecule has 116 valence electrons. The van der Waals surface area contributed by atoms with Gasteiger partial charge in [-0.15, -0.1) is 0 Å². The van der Waals surface area contributed by atoms with E-state index < -0.39 is 5.97 Å². The van der Waals surface area contributed by atoms with Crippen LogP contribution in [0.3, 0.4) is 0 Å². The number of fused-ring (bicyclic) bond motifs is 1.